The van der Waals surface area contributed by atoms with Crippen molar-refractivity contribution in [3.8, 4) is 0 Å². The van der Waals surface area contributed by atoms with Crippen molar-refractivity contribution in [3.63, 3.8) is 0 Å². The van der Waals surface area contributed by atoms with Crippen LogP contribution in [0.5, 0.6) is 0 Å². The fourth-order valence-electron chi connectivity index (χ4n) is 2.14. The van der Waals surface area contributed by atoms with Crippen LogP contribution in [0.2, 0.25) is 0 Å². The lowest BCUT2D eigenvalue weighted by Gasteiger charge is -2.15. The zero-order chi connectivity index (χ0) is 17.7. The summed E-state index contributed by atoms with van der Waals surface area (Å²) in [6, 6.07) is 6.45. The summed E-state index contributed by atoms with van der Waals surface area (Å²) >= 11 is 0.995. The van der Waals surface area contributed by atoms with Crippen LogP contribution in [0.4, 0.5) is 13.2 Å². The number of ether oxygens (including phenoxy) is 1. The Bertz CT molecular complexity index is 722. The number of nitrogens with zero attached hydrogens (tertiary/aromatic N) is 2. The van der Waals surface area contributed by atoms with Crippen molar-refractivity contribution in [2.75, 3.05) is 7.11 Å². The first kappa shape index (κ1) is 18.5. The van der Waals surface area contributed by atoms with Gasteiger partial charge in [0.05, 0.1) is 12.6 Å². The van der Waals surface area contributed by atoms with E-state index < -0.39 is 23.2 Å². The molecule has 0 aliphatic heterocycles. The number of unbranched alkanes of at least 4 members (excludes halogenated alkanes) is 1. The van der Waals surface area contributed by atoms with Gasteiger partial charge in [-0.1, -0.05) is 49.7 Å². The van der Waals surface area contributed by atoms with Crippen LogP contribution in [0.15, 0.2) is 29.3 Å². The number of para-hydroxylation sites is 1. The molecule has 0 saturated carbocycles. The van der Waals surface area contributed by atoms with Crippen molar-refractivity contribution in [1.82, 2.24) is 9.97 Å². The third-order valence-corrected chi connectivity index (χ3v) is 4.61. The van der Waals surface area contributed by atoms with Crippen LogP contribution < -0.4 is 0 Å². The molecule has 8 heteroatoms. The van der Waals surface area contributed by atoms with Crippen LogP contribution in [0.1, 0.15) is 32.0 Å². The van der Waals surface area contributed by atoms with Gasteiger partial charge in [0, 0.05) is 5.39 Å². The first-order valence-corrected chi connectivity index (χ1v) is 8.33. The van der Waals surface area contributed by atoms with Crippen molar-refractivity contribution < 1.29 is 22.7 Å². The van der Waals surface area contributed by atoms with Gasteiger partial charge < -0.3 is 4.74 Å². The number of alkyl halides is 3. The van der Waals surface area contributed by atoms with Gasteiger partial charge in [0.2, 0.25) is 5.82 Å². The van der Waals surface area contributed by atoms with Gasteiger partial charge in [-0.3, -0.25) is 4.79 Å². The average molecular weight is 358 g/mol. The number of fused-ring (bicyclic) bond motifs is 1. The number of carbonyl (C=O) groups is 1. The number of methoxy groups -OCH3 is 1. The highest BCUT2D eigenvalue weighted by Crippen LogP contribution is 2.35. The molecule has 0 fully saturated rings. The molecule has 0 bridgehead atoms. The van der Waals surface area contributed by atoms with E-state index in [4.69, 9.17) is 4.74 Å². The number of aromatic nitrogens is 2. The van der Waals surface area contributed by atoms with E-state index in [1.165, 1.54) is 13.2 Å². The summed E-state index contributed by atoms with van der Waals surface area (Å²) in [5, 5.41) is 0.0228. The Morgan fingerprint density at radius 1 is 1.29 bits per heavy atom. The quantitative estimate of drug-likeness (QED) is 0.433. The summed E-state index contributed by atoms with van der Waals surface area (Å²) in [6.45, 7) is 1.97. The van der Waals surface area contributed by atoms with E-state index in [9.17, 15) is 18.0 Å². The molecular formula is C16H17F3N2O2S. The smallest absolute Gasteiger partial charge is 0.451 e. The highest BCUT2D eigenvalue weighted by atomic mass is 32.2. The Morgan fingerprint density at radius 2 is 2.00 bits per heavy atom. The molecule has 2 rings (SSSR count). The van der Waals surface area contributed by atoms with E-state index in [-0.39, 0.29) is 10.5 Å². The molecule has 1 aromatic heterocycles. The van der Waals surface area contributed by atoms with Gasteiger partial charge in [0.1, 0.15) is 10.3 Å². The minimum Gasteiger partial charge on any atom is -0.468 e. The molecule has 0 amide bonds. The highest BCUT2D eigenvalue weighted by molar-refractivity contribution is 8.00. The summed E-state index contributed by atoms with van der Waals surface area (Å²) in [7, 11) is 1.26. The molecule has 1 atom stereocenters. The SMILES string of the molecule is CCCCC(Sc1nc(C(F)(F)F)nc2ccccc12)C(=O)OC. The first-order valence-electron chi connectivity index (χ1n) is 7.45. The van der Waals surface area contributed by atoms with Crippen LogP contribution in [0, 0.1) is 0 Å². The lowest BCUT2D eigenvalue weighted by molar-refractivity contribution is -0.145. The number of rotatable bonds is 6. The third kappa shape index (κ3) is 4.37. The molecule has 0 aliphatic carbocycles. The molecule has 4 nitrogen and oxygen atoms in total. The number of esters is 1. The highest BCUT2D eigenvalue weighted by Gasteiger charge is 2.36. The van der Waals surface area contributed by atoms with Gasteiger partial charge in [-0.2, -0.15) is 13.2 Å². The Kier molecular flexibility index (Phi) is 6.04. The molecule has 2 aromatic rings. The molecule has 1 unspecified atom stereocenters. The van der Waals surface area contributed by atoms with Gasteiger partial charge in [-0.15, -0.1) is 0 Å². The molecule has 0 N–H and O–H groups in total. The van der Waals surface area contributed by atoms with Crippen LogP contribution >= 0.6 is 11.8 Å². The van der Waals surface area contributed by atoms with E-state index in [2.05, 4.69) is 9.97 Å². The zero-order valence-corrected chi connectivity index (χ0v) is 14.1. The largest absolute Gasteiger partial charge is 0.468 e. The minimum absolute atomic E-state index is 0.138. The fraction of sp³-hybridized carbons (Fsp3) is 0.438. The van der Waals surface area contributed by atoms with Crippen LogP contribution in [0.3, 0.4) is 0 Å². The van der Waals surface area contributed by atoms with Crippen molar-refractivity contribution >= 4 is 28.6 Å². The number of carbonyl (C=O) groups excluding carboxylic acids is 1. The molecule has 130 valence electrons. The maximum atomic E-state index is 13.0. The van der Waals surface area contributed by atoms with Gasteiger partial charge >= 0.3 is 12.1 Å². The number of thioether (sulfide) groups is 1. The van der Waals surface area contributed by atoms with Crippen LogP contribution in [0.25, 0.3) is 10.9 Å². The number of benzene rings is 1. The standard InChI is InChI=1S/C16H17F3N2O2S/c1-3-4-9-12(14(22)23-2)24-13-10-7-5-6-8-11(10)20-15(21-13)16(17,18)19/h5-8,12H,3-4,9H2,1-2H3. The van der Waals surface area contributed by atoms with Crippen molar-refractivity contribution in [2.45, 2.75) is 42.6 Å². The van der Waals surface area contributed by atoms with E-state index in [0.29, 0.717) is 11.8 Å². The molecule has 1 aromatic carbocycles. The Balaban J connectivity index is 2.46. The molecular weight excluding hydrogens is 341 g/mol. The summed E-state index contributed by atoms with van der Waals surface area (Å²) < 4.78 is 43.9. The van der Waals surface area contributed by atoms with Gasteiger partial charge in [-0.05, 0) is 12.5 Å². The molecule has 1 heterocycles. The molecule has 24 heavy (non-hydrogen) atoms. The average Bonchev–Trinajstić information content (AvgIpc) is 2.56. The predicted octanol–water partition coefficient (Wildman–Crippen LogP) is 4.47. The lowest BCUT2D eigenvalue weighted by Crippen LogP contribution is -2.19. The molecule has 0 saturated heterocycles. The van der Waals surface area contributed by atoms with Gasteiger partial charge in [0.25, 0.3) is 0 Å². The van der Waals surface area contributed by atoms with Gasteiger partial charge in [0.15, 0.2) is 0 Å². The fourth-order valence-corrected chi connectivity index (χ4v) is 3.33. The first-order chi connectivity index (χ1) is 11.4. The third-order valence-electron chi connectivity index (χ3n) is 3.36. The summed E-state index contributed by atoms with van der Waals surface area (Å²) in [4.78, 5) is 19.2. The molecule has 0 aliphatic rings. The van der Waals surface area contributed by atoms with E-state index in [1.807, 2.05) is 6.92 Å². The van der Waals surface area contributed by atoms with Crippen molar-refractivity contribution in [1.29, 1.82) is 0 Å². The molecule has 0 radical (unpaired) electrons. The van der Waals surface area contributed by atoms with Crippen LogP contribution in [-0.4, -0.2) is 28.3 Å². The Hall–Kier alpha value is -1.83. The van der Waals surface area contributed by atoms with E-state index in [0.717, 1.165) is 24.6 Å². The summed E-state index contributed by atoms with van der Waals surface area (Å²) in [5.74, 6) is -1.67. The number of hydrogen-bond acceptors (Lipinski definition) is 5. The van der Waals surface area contributed by atoms with Crippen LogP contribution in [-0.2, 0) is 15.7 Å². The van der Waals surface area contributed by atoms with Crippen molar-refractivity contribution in [2.24, 2.45) is 0 Å². The summed E-state index contributed by atoms with van der Waals surface area (Å²) in [6.07, 6.45) is -2.51. The topological polar surface area (TPSA) is 52.1 Å². The Labute approximate surface area is 141 Å². The van der Waals surface area contributed by atoms with Crippen molar-refractivity contribution in [3.05, 3.63) is 30.1 Å². The van der Waals surface area contributed by atoms with E-state index >= 15 is 0 Å². The number of halogens is 3. The Morgan fingerprint density at radius 3 is 2.62 bits per heavy atom. The zero-order valence-electron chi connectivity index (χ0n) is 13.3. The summed E-state index contributed by atoms with van der Waals surface area (Å²) in [5.41, 5.74) is 0.196. The monoisotopic (exact) mass is 358 g/mol. The lowest BCUT2D eigenvalue weighted by atomic mass is 10.2. The van der Waals surface area contributed by atoms with Gasteiger partial charge in [-0.25, -0.2) is 9.97 Å². The molecule has 0 spiro atoms. The second-order valence-corrected chi connectivity index (χ2v) is 6.33. The minimum atomic E-state index is -4.65. The number of hydrogen-bond donors (Lipinski definition) is 0. The maximum Gasteiger partial charge on any atom is 0.451 e. The maximum absolute atomic E-state index is 13.0. The predicted molar refractivity (Wildman–Crippen MR) is 85.7 cm³/mol. The normalized spacial score (nSPS) is 13.0. The second kappa shape index (κ2) is 7.83. The second-order valence-electron chi connectivity index (χ2n) is 5.14. The van der Waals surface area contributed by atoms with E-state index in [1.54, 1.807) is 18.2 Å².